The molecule has 0 spiro atoms. The van der Waals surface area contributed by atoms with Crippen molar-refractivity contribution in [3.05, 3.63) is 35.9 Å². The number of ether oxygens (including phenoxy) is 2. The van der Waals surface area contributed by atoms with Gasteiger partial charge in [0.05, 0.1) is 0 Å². The summed E-state index contributed by atoms with van der Waals surface area (Å²) in [4.78, 5) is 0. The lowest BCUT2D eigenvalue weighted by atomic mass is 10.1. The molecule has 1 aromatic rings. The van der Waals surface area contributed by atoms with E-state index in [1.807, 2.05) is 30.3 Å². The van der Waals surface area contributed by atoms with Gasteiger partial charge in [-0.3, -0.25) is 0 Å². The van der Waals surface area contributed by atoms with Gasteiger partial charge in [-0.2, -0.15) is 13.2 Å². The third-order valence-corrected chi connectivity index (χ3v) is 2.98. The lowest BCUT2D eigenvalue weighted by Crippen LogP contribution is -2.38. The Balaban J connectivity index is 1.93. The molecule has 5 heteroatoms. The molecule has 0 aromatic heterocycles. The average Bonchev–Trinajstić information content (AvgIpc) is 3.03. The molecule has 2 unspecified atom stereocenters. The van der Waals surface area contributed by atoms with Gasteiger partial charge in [0.25, 0.3) is 5.79 Å². The lowest BCUT2D eigenvalue weighted by Gasteiger charge is -2.16. The fourth-order valence-electron chi connectivity index (χ4n) is 2.04. The van der Waals surface area contributed by atoms with Crippen molar-refractivity contribution in [2.45, 2.75) is 37.8 Å². The van der Waals surface area contributed by atoms with Crippen LogP contribution >= 0.6 is 0 Å². The summed E-state index contributed by atoms with van der Waals surface area (Å²) in [6.45, 7) is 1.52. The van der Waals surface area contributed by atoms with Crippen LogP contribution in [-0.4, -0.2) is 24.7 Å². The van der Waals surface area contributed by atoms with E-state index in [4.69, 9.17) is 9.47 Å². The fraction of sp³-hybridized carbons (Fsp3) is 0.538. The minimum atomic E-state index is -4.47. The number of benzene rings is 1. The first-order valence-electron chi connectivity index (χ1n) is 5.92. The predicted molar refractivity (Wildman–Crippen MR) is 60.0 cm³/mol. The molecule has 18 heavy (non-hydrogen) atoms. The van der Waals surface area contributed by atoms with Crippen molar-refractivity contribution < 1.29 is 22.6 Å². The van der Waals surface area contributed by atoms with E-state index >= 15 is 0 Å². The van der Waals surface area contributed by atoms with Gasteiger partial charge in [-0.05, 0) is 25.3 Å². The Kier molecular flexibility index (Phi) is 3.64. The number of halogens is 3. The summed E-state index contributed by atoms with van der Waals surface area (Å²) in [7, 11) is 0. The molecule has 1 aliphatic rings. The Morgan fingerprint density at radius 1 is 1.28 bits per heavy atom. The number of hydrogen-bond donors (Lipinski definition) is 0. The van der Waals surface area contributed by atoms with Crippen molar-refractivity contribution in [1.29, 1.82) is 0 Å². The number of hydrogen-bond acceptors (Lipinski definition) is 2. The molecule has 1 aromatic carbocycles. The van der Waals surface area contributed by atoms with Gasteiger partial charge >= 0.3 is 6.18 Å². The second-order valence-corrected chi connectivity index (χ2v) is 4.23. The first-order chi connectivity index (χ1) is 8.49. The summed E-state index contributed by atoms with van der Waals surface area (Å²) in [6, 6.07) is 9.37. The summed E-state index contributed by atoms with van der Waals surface area (Å²) >= 11 is 0. The fourth-order valence-corrected chi connectivity index (χ4v) is 2.04. The number of aryl methyl sites for hydroxylation is 1. The summed E-state index contributed by atoms with van der Waals surface area (Å²) in [5, 5.41) is 0. The SMILES string of the molecule is CCOC1(C(F)(F)F)OC1CCc1ccccc1. The highest BCUT2D eigenvalue weighted by Gasteiger charge is 2.74. The molecule has 0 saturated carbocycles. The molecule has 100 valence electrons. The number of epoxide rings is 1. The second-order valence-electron chi connectivity index (χ2n) is 4.23. The maximum Gasteiger partial charge on any atom is 0.446 e. The Bertz CT molecular complexity index is 391. The second kappa shape index (κ2) is 4.90. The van der Waals surface area contributed by atoms with E-state index in [0.717, 1.165) is 5.56 Å². The van der Waals surface area contributed by atoms with Gasteiger partial charge in [0, 0.05) is 6.61 Å². The van der Waals surface area contributed by atoms with Crippen LogP contribution in [0.2, 0.25) is 0 Å². The zero-order chi connectivity index (χ0) is 13.2. The van der Waals surface area contributed by atoms with Crippen molar-refractivity contribution in [2.75, 3.05) is 6.61 Å². The highest BCUT2D eigenvalue weighted by atomic mass is 19.4. The Morgan fingerprint density at radius 2 is 1.94 bits per heavy atom. The summed E-state index contributed by atoms with van der Waals surface area (Å²) in [5.74, 6) is -2.36. The highest BCUT2D eigenvalue weighted by molar-refractivity contribution is 5.15. The normalized spacial score (nSPS) is 27.2. The molecule has 1 saturated heterocycles. The van der Waals surface area contributed by atoms with E-state index in [1.54, 1.807) is 0 Å². The Labute approximate surface area is 104 Å². The van der Waals surface area contributed by atoms with Crippen LogP contribution in [0.3, 0.4) is 0 Å². The zero-order valence-corrected chi connectivity index (χ0v) is 10.0. The topological polar surface area (TPSA) is 21.8 Å². The summed E-state index contributed by atoms with van der Waals surface area (Å²) in [5.41, 5.74) is 1.00. The van der Waals surface area contributed by atoms with E-state index in [0.29, 0.717) is 12.8 Å². The number of rotatable bonds is 5. The van der Waals surface area contributed by atoms with Gasteiger partial charge in [0.15, 0.2) is 0 Å². The molecule has 0 bridgehead atoms. The molecule has 1 heterocycles. The lowest BCUT2D eigenvalue weighted by molar-refractivity contribution is -0.270. The van der Waals surface area contributed by atoms with Crippen molar-refractivity contribution in [3.63, 3.8) is 0 Å². The van der Waals surface area contributed by atoms with Gasteiger partial charge in [-0.25, -0.2) is 0 Å². The molecule has 2 nitrogen and oxygen atoms in total. The van der Waals surface area contributed by atoms with Crippen molar-refractivity contribution in [2.24, 2.45) is 0 Å². The standard InChI is InChI=1S/C13H15F3O2/c1-2-17-12(13(14,15)16)11(18-12)9-8-10-6-4-3-5-7-10/h3-7,11H,2,8-9H2,1H3. The van der Waals surface area contributed by atoms with Crippen LogP contribution in [0.15, 0.2) is 30.3 Å². The molecule has 0 N–H and O–H groups in total. The van der Waals surface area contributed by atoms with Crippen LogP contribution in [-0.2, 0) is 15.9 Å². The van der Waals surface area contributed by atoms with Crippen molar-refractivity contribution in [3.8, 4) is 0 Å². The quantitative estimate of drug-likeness (QED) is 0.757. The molecule has 2 rings (SSSR count). The molecule has 0 radical (unpaired) electrons. The van der Waals surface area contributed by atoms with Gasteiger partial charge in [-0.1, -0.05) is 30.3 Å². The van der Waals surface area contributed by atoms with E-state index in [9.17, 15) is 13.2 Å². The first-order valence-corrected chi connectivity index (χ1v) is 5.92. The smallest absolute Gasteiger partial charge is 0.341 e. The van der Waals surface area contributed by atoms with Gasteiger partial charge in [-0.15, -0.1) is 0 Å². The zero-order valence-electron chi connectivity index (χ0n) is 10.0. The third kappa shape index (κ3) is 2.52. The minimum Gasteiger partial charge on any atom is -0.341 e. The monoisotopic (exact) mass is 260 g/mol. The van der Waals surface area contributed by atoms with Crippen LogP contribution in [0.4, 0.5) is 13.2 Å². The van der Waals surface area contributed by atoms with E-state index in [-0.39, 0.29) is 6.61 Å². The van der Waals surface area contributed by atoms with Crippen LogP contribution in [0.5, 0.6) is 0 Å². The third-order valence-electron chi connectivity index (χ3n) is 2.98. The van der Waals surface area contributed by atoms with E-state index in [1.165, 1.54) is 6.92 Å². The molecule has 0 aliphatic carbocycles. The molecular weight excluding hydrogens is 245 g/mol. The molecule has 2 atom stereocenters. The molecule has 1 aliphatic heterocycles. The largest absolute Gasteiger partial charge is 0.446 e. The minimum absolute atomic E-state index is 0.0126. The van der Waals surface area contributed by atoms with Gasteiger partial charge < -0.3 is 9.47 Å². The maximum absolute atomic E-state index is 12.8. The molecule has 1 fully saturated rings. The van der Waals surface area contributed by atoms with Crippen LogP contribution < -0.4 is 0 Å². The summed E-state index contributed by atoms with van der Waals surface area (Å²) in [6.07, 6.45) is -4.50. The highest BCUT2D eigenvalue weighted by Crippen LogP contribution is 2.52. The Morgan fingerprint density at radius 3 is 2.50 bits per heavy atom. The van der Waals surface area contributed by atoms with E-state index in [2.05, 4.69) is 0 Å². The van der Waals surface area contributed by atoms with Crippen molar-refractivity contribution >= 4 is 0 Å². The van der Waals surface area contributed by atoms with Crippen LogP contribution in [0, 0.1) is 0 Å². The molecular formula is C13H15F3O2. The van der Waals surface area contributed by atoms with Gasteiger partial charge in [0.2, 0.25) is 0 Å². The van der Waals surface area contributed by atoms with E-state index < -0.39 is 18.1 Å². The van der Waals surface area contributed by atoms with Crippen LogP contribution in [0.25, 0.3) is 0 Å². The van der Waals surface area contributed by atoms with Crippen LogP contribution in [0.1, 0.15) is 18.9 Å². The maximum atomic E-state index is 12.8. The number of alkyl halides is 3. The molecule has 0 amide bonds. The average molecular weight is 260 g/mol. The summed E-state index contributed by atoms with van der Waals surface area (Å²) < 4.78 is 48.0. The van der Waals surface area contributed by atoms with Gasteiger partial charge in [0.1, 0.15) is 6.10 Å². The first kappa shape index (κ1) is 13.4. The Hall–Kier alpha value is -1.07. The van der Waals surface area contributed by atoms with Crippen molar-refractivity contribution in [1.82, 2.24) is 0 Å². The predicted octanol–water partition coefficient (Wildman–Crippen LogP) is 3.31.